The molecule has 3 atom stereocenters. The highest BCUT2D eigenvalue weighted by atomic mass is 35.5. The Labute approximate surface area is 225 Å². The highest BCUT2D eigenvalue weighted by Crippen LogP contribution is 2.36. The van der Waals surface area contributed by atoms with Gasteiger partial charge in [0.25, 0.3) is 5.91 Å². The molecule has 1 aliphatic rings. The lowest BCUT2D eigenvalue weighted by molar-refractivity contribution is 0.0389. The van der Waals surface area contributed by atoms with Crippen molar-refractivity contribution in [3.63, 3.8) is 0 Å². The highest BCUT2D eigenvalue weighted by Gasteiger charge is 2.34. The smallest absolute Gasteiger partial charge is 0.280 e. The monoisotopic (exact) mass is 538 g/mol. The average molecular weight is 539 g/mol. The van der Waals surface area contributed by atoms with Gasteiger partial charge in [0.05, 0.1) is 35.4 Å². The zero-order valence-electron chi connectivity index (χ0n) is 21.4. The van der Waals surface area contributed by atoms with Gasteiger partial charge >= 0.3 is 0 Å². The third kappa shape index (κ3) is 5.84. The van der Waals surface area contributed by atoms with E-state index >= 15 is 0 Å². The maximum absolute atomic E-state index is 12.9. The van der Waals surface area contributed by atoms with Crippen LogP contribution in [0.3, 0.4) is 0 Å². The Morgan fingerprint density at radius 1 is 1.16 bits per heavy atom. The highest BCUT2D eigenvalue weighted by molar-refractivity contribution is 7.17. The fourth-order valence-corrected chi connectivity index (χ4v) is 5.89. The van der Waals surface area contributed by atoms with Crippen LogP contribution < -0.4 is 5.32 Å². The van der Waals surface area contributed by atoms with Gasteiger partial charge in [0.2, 0.25) is 0 Å². The van der Waals surface area contributed by atoms with E-state index in [0.717, 1.165) is 53.9 Å². The molecule has 1 N–H and O–H groups in total. The lowest BCUT2D eigenvalue weighted by Crippen LogP contribution is -2.43. The van der Waals surface area contributed by atoms with E-state index in [-0.39, 0.29) is 29.5 Å². The second-order valence-corrected chi connectivity index (χ2v) is 12.4. The summed E-state index contributed by atoms with van der Waals surface area (Å²) in [6.07, 6.45) is 8.25. The van der Waals surface area contributed by atoms with Gasteiger partial charge in [0.15, 0.2) is 5.01 Å². The van der Waals surface area contributed by atoms with E-state index in [1.807, 2.05) is 24.4 Å². The van der Waals surface area contributed by atoms with E-state index in [1.165, 1.54) is 17.5 Å². The summed E-state index contributed by atoms with van der Waals surface area (Å²) in [5.74, 6) is 0.811. The molecule has 1 fully saturated rings. The Kier molecular flexibility index (Phi) is 7.29. The number of imidazole rings is 1. The first-order chi connectivity index (χ1) is 17.7. The lowest BCUT2D eigenvalue weighted by atomic mass is 9.87. The molecule has 4 aromatic rings. The minimum Gasteiger partial charge on any atom is -0.381 e. The number of hydrogen-bond acceptors (Lipinski definition) is 7. The summed E-state index contributed by atoms with van der Waals surface area (Å²) in [5.41, 5.74) is 3.55. The van der Waals surface area contributed by atoms with Gasteiger partial charge in [0, 0.05) is 31.8 Å². The third-order valence-electron chi connectivity index (χ3n) is 6.61. The van der Waals surface area contributed by atoms with Gasteiger partial charge in [-0.05, 0) is 42.9 Å². The SMILES string of the molecule is CO[C@@H]1CC(NC(=O)c2ncc(Cl)s2)C[C@@H](n2c(CC(C)(C)C)nc3cnc(-c4ccccn4)cc32)C1. The molecule has 194 valence electrons. The molecule has 0 aromatic carbocycles. The summed E-state index contributed by atoms with van der Waals surface area (Å²) in [5, 5.41) is 3.54. The van der Waals surface area contributed by atoms with E-state index in [0.29, 0.717) is 9.34 Å². The van der Waals surface area contributed by atoms with Gasteiger partial charge in [-0.3, -0.25) is 14.8 Å². The Morgan fingerprint density at radius 2 is 2.00 bits per heavy atom. The molecule has 10 heteroatoms. The van der Waals surface area contributed by atoms with Gasteiger partial charge in [-0.1, -0.05) is 49.8 Å². The first-order valence-corrected chi connectivity index (χ1v) is 13.6. The molecular formula is C27H31ClN6O2S. The number of ether oxygens (including phenoxy) is 1. The summed E-state index contributed by atoms with van der Waals surface area (Å²) in [4.78, 5) is 31.2. The normalized spacial score (nSPS) is 20.3. The molecule has 4 aromatic heterocycles. The summed E-state index contributed by atoms with van der Waals surface area (Å²) in [7, 11) is 1.73. The van der Waals surface area contributed by atoms with Crippen LogP contribution >= 0.6 is 22.9 Å². The van der Waals surface area contributed by atoms with Gasteiger partial charge in [-0.15, -0.1) is 0 Å². The predicted octanol–water partition coefficient (Wildman–Crippen LogP) is 5.73. The molecule has 1 amide bonds. The van der Waals surface area contributed by atoms with Crippen LogP contribution in [0.1, 0.15) is 61.7 Å². The number of aromatic nitrogens is 5. The number of nitrogens with one attached hydrogen (secondary N) is 1. The van der Waals surface area contributed by atoms with Crippen LogP contribution in [0.2, 0.25) is 4.34 Å². The second-order valence-electron chi connectivity index (χ2n) is 10.8. The van der Waals surface area contributed by atoms with Gasteiger partial charge < -0.3 is 14.6 Å². The largest absolute Gasteiger partial charge is 0.381 e. The fraction of sp³-hybridized carbons (Fsp3) is 0.444. The van der Waals surface area contributed by atoms with Crippen molar-refractivity contribution in [3.8, 4) is 11.4 Å². The molecular weight excluding hydrogens is 508 g/mol. The minimum absolute atomic E-state index is 0.000896. The molecule has 0 spiro atoms. The standard InChI is InChI=1S/C27H31ClN6O2S/c1-27(2,3)13-24-33-21-14-30-20(19-7-5-6-8-29-19)12-22(21)34(24)17-9-16(10-18(11-17)36-4)32-25(35)26-31-15-23(28)37-26/h5-8,12,14-18H,9-11,13H2,1-4H3,(H,32,35)/t16?,17-,18-/m1/s1. The number of amides is 1. The van der Waals surface area contributed by atoms with Crippen molar-refractivity contribution in [1.82, 2.24) is 29.8 Å². The van der Waals surface area contributed by atoms with E-state index in [1.54, 1.807) is 13.3 Å². The van der Waals surface area contributed by atoms with Crippen LogP contribution in [0.4, 0.5) is 0 Å². The molecule has 1 saturated carbocycles. The van der Waals surface area contributed by atoms with Crippen molar-refractivity contribution in [2.75, 3.05) is 7.11 Å². The van der Waals surface area contributed by atoms with Crippen molar-refractivity contribution in [2.45, 2.75) is 64.6 Å². The Morgan fingerprint density at radius 3 is 2.68 bits per heavy atom. The van der Waals surface area contributed by atoms with E-state index < -0.39 is 0 Å². The third-order valence-corrected chi connectivity index (χ3v) is 7.72. The maximum Gasteiger partial charge on any atom is 0.280 e. The Bertz CT molecular complexity index is 1400. The first-order valence-electron chi connectivity index (χ1n) is 12.4. The number of rotatable bonds is 6. The molecule has 5 rings (SSSR count). The molecule has 0 radical (unpaired) electrons. The minimum atomic E-state index is -0.204. The van der Waals surface area contributed by atoms with Crippen molar-refractivity contribution < 1.29 is 9.53 Å². The van der Waals surface area contributed by atoms with Crippen LogP contribution in [0.25, 0.3) is 22.4 Å². The van der Waals surface area contributed by atoms with Crippen LogP contribution in [0.5, 0.6) is 0 Å². The van der Waals surface area contributed by atoms with Gasteiger partial charge in [0.1, 0.15) is 15.7 Å². The average Bonchev–Trinajstić information content (AvgIpc) is 3.45. The number of methoxy groups -OCH3 is 1. The molecule has 37 heavy (non-hydrogen) atoms. The number of hydrogen-bond donors (Lipinski definition) is 1. The van der Waals surface area contributed by atoms with Gasteiger partial charge in [-0.25, -0.2) is 9.97 Å². The van der Waals surface area contributed by atoms with Crippen molar-refractivity contribution in [1.29, 1.82) is 0 Å². The Balaban J connectivity index is 1.53. The van der Waals surface area contributed by atoms with Crippen LogP contribution in [0.15, 0.2) is 42.9 Å². The molecule has 4 heterocycles. The van der Waals surface area contributed by atoms with Crippen molar-refractivity contribution in [3.05, 3.63) is 58.0 Å². The number of thiazole rings is 1. The van der Waals surface area contributed by atoms with Crippen molar-refractivity contribution in [2.24, 2.45) is 5.41 Å². The van der Waals surface area contributed by atoms with Gasteiger partial charge in [-0.2, -0.15) is 0 Å². The molecule has 1 aliphatic carbocycles. The lowest BCUT2D eigenvalue weighted by Gasteiger charge is -2.36. The fourth-order valence-electron chi connectivity index (χ4n) is 5.07. The van der Waals surface area contributed by atoms with E-state index in [2.05, 4.69) is 51.7 Å². The zero-order valence-corrected chi connectivity index (χ0v) is 23.0. The number of carbonyl (C=O) groups excluding carboxylic acids is 1. The van der Waals surface area contributed by atoms with Crippen LogP contribution in [0, 0.1) is 5.41 Å². The molecule has 0 bridgehead atoms. The van der Waals surface area contributed by atoms with Crippen molar-refractivity contribution >= 4 is 39.9 Å². The molecule has 0 saturated heterocycles. The number of carbonyl (C=O) groups is 1. The summed E-state index contributed by atoms with van der Waals surface area (Å²) in [6.45, 7) is 6.65. The number of pyridine rings is 2. The first kappa shape index (κ1) is 25.8. The topological polar surface area (TPSA) is 94.8 Å². The molecule has 8 nitrogen and oxygen atoms in total. The number of nitrogens with zero attached hydrogens (tertiary/aromatic N) is 5. The number of fused-ring (bicyclic) bond motifs is 1. The number of halogens is 1. The molecule has 0 aliphatic heterocycles. The summed E-state index contributed by atoms with van der Waals surface area (Å²) in [6, 6.07) is 7.92. The van der Waals surface area contributed by atoms with E-state index in [4.69, 9.17) is 21.3 Å². The second kappa shape index (κ2) is 10.5. The van der Waals surface area contributed by atoms with Crippen LogP contribution in [-0.4, -0.2) is 49.7 Å². The predicted molar refractivity (Wildman–Crippen MR) is 146 cm³/mol. The maximum atomic E-state index is 12.9. The zero-order chi connectivity index (χ0) is 26.2. The summed E-state index contributed by atoms with van der Waals surface area (Å²) < 4.78 is 8.69. The van der Waals surface area contributed by atoms with Crippen LogP contribution in [-0.2, 0) is 11.2 Å². The quantitative estimate of drug-likeness (QED) is 0.337. The van der Waals surface area contributed by atoms with E-state index in [9.17, 15) is 4.79 Å². The molecule has 1 unspecified atom stereocenters. The summed E-state index contributed by atoms with van der Waals surface area (Å²) >= 11 is 7.19. The Hall–Kier alpha value is -2.88.